The number of unbranched alkanes of at least 4 members (excludes halogenated alkanes) is 1. The van der Waals surface area contributed by atoms with Gasteiger partial charge in [0.05, 0.1) is 6.10 Å². The monoisotopic (exact) mass is 162 g/mol. The molecular formula is C9H19FO. The Bertz CT molecular complexity index is 85.6. The molecule has 0 radical (unpaired) electrons. The number of hydrogen-bond acceptors (Lipinski definition) is 1. The van der Waals surface area contributed by atoms with Crippen LogP contribution in [0.15, 0.2) is 0 Å². The van der Waals surface area contributed by atoms with E-state index in [2.05, 4.69) is 6.92 Å². The van der Waals surface area contributed by atoms with Gasteiger partial charge in [0.25, 0.3) is 0 Å². The van der Waals surface area contributed by atoms with E-state index in [4.69, 9.17) is 5.11 Å². The van der Waals surface area contributed by atoms with Crippen molar-refractivity contribution in [3.8, 4) is 0 Å². The van der Waals surface area contributed by atoms with Gasteiger partial charge in [-0.25, -0.2) is 4.39 Å². The lowest BCUT2D eigenvalue weighted by Gasteiger charge is -2.18. The van der Waals surface area contributed by atoms with Crippen molar-refractivity contribution in [1.29, 1.82) is 0 Å². The molecule has 0 spiro atoms. The SMILES string of the molecule is CCCC[C@@H](CC)C(O)CF. The molecule has 0 fully saturated rings. The molecule has 0 aliphatic rings. The van der Waals surface area contributed by atoms with Crippen LogP contribution in [-0.4, -0.2) is 17.9 Å². The first-order chi connectivity index (χ1) is 5.26. The molecule has 11 heavy (non-hydrogen) atoms. The summed E-state index contributed by atoms with van der Waals surface area (Å²) in [5, 5.41) is 9.17. The van der Waals surface area contributed by atoms with Crippen molar-refractivity contribution in [2.45, 2.75) is 45.6 Å². The second kappa shape index (κ2) is 6.59. The van der Waals surface area contributed by atoms with Gasteiger partial charge in [-0.15, -0.1) is 0 Å². The van der Waals surface area contributed by atoms with Crippen molar-refractivity contribution in [2.24, 2.45) is 5.92 Å². The minimum atomic E-state index is -0.730. The van der Waals surface area contributed by atoms with E-state index in [9.17, 15) is 4.39 Å². The Labute approximate surface area is 68.6 Å². The summed E-state index contributed by atoms with van der Waals surface area (Å²) in [6.07, 6.45) is 3.32. The summed E-state index contributed by atoms with van der Waals surface area (Å²) in [4.78, 5) is 0. The molecule has 1 nitrogen and oxygen atoms in total. The first kappa shape index (κ1) is 10.9. The molecule has 0 aromatic rings. The number of alkyl halides is 1. The molecule has 1 unspecified atom stereocenters. The number of hydrogen-bond donors (Lipinski definition) is 1. The van der Waals surface area contributed by atoms with Crippen LogP contribution >= 0.6 is 0 Å². The molecule has 0 bridgehead atoms. The van der Waals surface area contributed by atoms with Crippen molar-refractivity contribution in [3.05, 3.63) is 0 Å². The van der Waals surface area contributed by atoms with E-state index >= 15 is 0 Å². The molecule has 1 N–H and O–H groups in total. The standard InChI is InChI=1S/C9H19FO/c1-3-5-6-8(4-2)9(11)7-10/h8-9,11H,3-7H2,1-2H3/t8-,9?/m1/s1. The van der Waals surface area contributed by atoms with E-state index in [1.807, 2.05) is 6.92 Å². The predicted octanol–water partition coefficient (Wildman–Crippen LogP) is 2.53. The van der Waals surface area contributed by atoms with Crippen molar-refractivity contribution in [2.75, 3.05) is 6.67 Å². The zero-order valence-corrected chi connectivity index (χ0v) is 7.52. The fourth-order valence-corrected chi connectivity index (χ4v) is 1.26. The Morgan fingerprint density at radius 1 is 1.36 bits per heavy atom. The van der Waals surface area contributed by atoms with Crippen LogP contribution in [0.5, 0.6) is 0 Å². The zero-order chi connectivity index (χ0) is 8.69. The van der Waals surface area contributed by atoms with Gasteiger partial charge in [-0.05, 0) is 12.3 Å². The molecule has 0 aliphatic carbocycles. The van der Waals surface area contributed by atoms with Crippen molar-refractivity contribution in [1.82, 2.24) is 0 Å². The maximum absolute atomic E-state index is 12.0. The third-order valence-electron chi connectivity index (χ3n) is 2.16. The Kier molecular flexibility index (Phi) is 6.52. The average molecular weight is 162 g/mol. The highest BCUT2D eigenvalue weighted by atomic mass is 19.1. The minimum absolute atomic E-state index is 0.167. The Hall–Kier alpha value is -0.110. The normalized spacial score (nSPS) is 16.4. The van der Waals surface area contributed by atoms with E-state index in [-0.39, 0.29) is 5.92 Å². The van der Waals surface area contributed by atoms with E-state index < -0.39 is 12.8 Å². The number of halogens is 1. The quantitative estimate of drug-likeness (QED) is 0.636. The van der Waals surface area contributed by atoms with Gasteiger partial charge in [0.15, 0.2) is 0 Å². The van der Waals surface area contributed by atoms with Gasteiger partial charge in [-0.3, -0.25) is 0 Å². The lowest BCUT2D eigenvalue weighted by molar-refractivity contribution is 0.0732. The van der Waals surface area contributed by atoms with Crippen molar-refractivity contribution < 1.29 is 9.50 Å². The second-order valence-electron chi connectivity index (χ2n) is 3.03. The molecule has 0 aromatic heterocycles. The van der Waals surface area contributed by atoms with Gasteiger partial charge < -0.3 is 5.11 Å². The topological polar surface area (TPSA) is 20.2 Å². The number of aliphatic hydroxyl groups is 1. The molecule has 68 valence electrons. The van der Waals surface area contributed by atoms with Crippen LogP contribution < -0.4 is 0 Å². The molecule has 2 atom stereocenters. The maximum atomic E-state index is 12.0. The Balaban J connectivity index is 3.56. The highest BCUT2D eigenvalue weighted by molar-refractivity contribution is 4.66. The summed E-state index contributed by atoms with van der Waals surface area (Å²) in [5.41, 5.74) is 0. The molecule has 0 amide bonds. The van der Waals surface area contributed by atoms with Gasteiger partial charge in [0.2, 0.25) is 0 Å². The predicted molar refractivity (Wildman–Crippen MR) is 45.3 cm³/mol. The summed E-state index contributed by atoms with van der Waals surface area (Å²) in [6, 6.07) is 0. The number of aliphatic hydroxyl groups excluding tert-OH is 1. The van der Waals surface area contributed by atoms with Crippen molar-refractivity contribution in [3.63, 3.8) is 0 Å². The first-order valence-electron chi connectivity index (χ1n) is 4.50. The molecule has 0 aliphatic heterocycles. The fourth-order valence-electron chi connectivity index (χ4n) is 1.26. The van der Waals surface area contributed by atoms with Gasteiger partial charge in [-0.1, -0.05) is 33.1 Å². The summed E-state index contributed by atoms with van der Waals surface area (Å²) >= 11 is 0. The third kappa shape index (κ3) is 4.35. The van der Waals surface area contributed by atoms with Crippen LogP contribution in [0.3, 0.4) is 0 Å². The highest BCUT2D eigenvalue weighted by Gasteiger charge is 2.15. The van der Waals surface area contributed by atoms with E-state index in [1.54, 1.807) is 0 Å². The third-order valence-corrected chi connectivity index (χ3v) is 2.16. The van der Waals surface area contributed by atoms with E-state index in [0.29, 0.717) is 0 Å². The van der Waals surface area contributed by atoms with Crippen LogP contribution in [0.2, 0.25) is 0 Å². The average Bonchev–Trinajstić information content (AvgIpc) is 2.05. The van der Waals surface area contributed by atoms with Crippen LogP contribution in [0.1, 0.15) is 39.5 Å². The minimum Gasteiger partial charge on any atom is -0.390 e. The number of rotatable bonds is 6. The lowest BCUT2D eigenvalue weighted by Crippen LogP contribution is -2.21. The Morgan fingerprint density at radius 2 is 2.00 bits per heavy atom. The summed E-state index contributed by atoms with van der Waals surface area (Å²) < 4.78 is 12.0. The molecule has 0 heterocycles. The molecule has 0 rings (SSSR count). The van der Waals surface area contributed by atoms with Gasteiger partial charge >= 0.3 is 0 Å². The van der Waals surface area contributed by atoms with E-state index in [1.165, 1.54) is 0 Å². The van der Waals surface area contributed by atoms with Crippen molar-refractivity contribution >= 4 is 0 Å². The molecule has 0 saturated heterocycles. The highest BCUT2D eigenvalue weighted by Crippen LogP contribution is 2.16. The largest absolute Gasteiger partial charge is 0.390 e. The zero-order valence-electron chi connectivity index (χ0n) is 7.52. The van der Waals surface area contributed by atoms with Gasteiger partial charge in [-0.2, -0.15) is 0 Å². The second-order valence-corrected chi connectivity index (χ2v) is 3.03. The molecule has 2 heteroatoms. The molecule has 0 aromatic carbocycles. The summed E-state index contributed by atoms with van der Waals surface area (Å²) in [7, 11) is 0. The summed E-state index contributed by atoms with van der Waals surface area (Å²) in [5.74, 6) is 0.167. The van der Waals surface area contributed by atoms with E-state index in [0.717, 1.165) is 25.7 Å². The van der Waals surface area contributed by atoms with Crippen LogP contribution in [0, 0.1) is 5.92 Å². The van der Waals surface area contributed by atoms with Crippen LogP contribution in [0.25, 0.3) is 0 Å². The van der Waals surface area contributed by atoms with Crippen LogP contribution in [-0.2, 0) is 0 Å². The smallest absolute Gasteiger partial charge is 0.116 e. The lowest BCUT2D eigenvalue weighted by atomic mass is 9.94. The Morgan fingerprint density at radius 3 is 2.36 bits per heavy atom. The van der Waals surface area contributed by atoms with Gasteiger partial charge in [0.1, 0.15) is 6.67 Å². The fraction of sp³-hybridized carbons (Fsp3) is 1.00. The maximum Gasteiger partial charge on any atom is 0.116 e. The van der Waals surface area contributed by atoms with Gasteiger partial charge in [0, 0.05) is 0 Å². The van der Waals surface area contributed by atoms with Crippen LogP contribution in [0.4, 0.5) is 4.39 Å². The summed E-state index contributed by atoms with van der Waals surface area (Å²) in [6.45, 7) is 3.51. The molecular weight excluding hydrogens is 143 g/mol. The molecule has 0 saturated carbocycles. The first-order valence-corrected chi connectivity index (χ1v) is 4.50.